The van der Waals surface area contributed by atoms with Crippen molar-refractivity contribution >= 4 is 5.84 Å². The molecule has 0 aliphatic heterocycles. The first-order chi connectivity index (χ1) is 8.31. The molecule has 2 rings (SSSR count). The molecule has 0 saturated heterocycles. The second-order valence-electron chi connectivity index (χ2n) is 4.44. The Morgan fingerprint density at radius 3 is 2.76 bits per heavy atom. The predicted octanol–water partition coefficient (Wildman–Crippen LogP) is 2.35. The van der Waals surface area contributed by atoms with E-state index in [-0.39, 0.29) is 5.84 Å². The molecule has 0 spiro atoms. The van der Waals surface area contributed by atoms with Gasteiger partial charge in [-0.05, 0) is 30.9 Å². The van der Waals surface area contributed by atoms with Crippen molar-refractivity contribution in [3.8, 4) is 5.75 Å². The first-order valence-corrected chi connectivity index (χ1v) is 6.01. The summed E-state index contributed by atoms with van der Waals surface area (Å²) in [6.07, 6.45) is 5.09. The van der Waals surface area contributed by atoms with Gasteiger partial charge in [-0.1, -0.05) is 30.1 Å². The lowest BCUT2D eigenvalue weighted by Crippen LogP contribution is -2.16. The molecule has 1 saturated carbocycles. The van der Waals surface area contributed by atoms with Crippen LogP contribution in [-0.2, 0) is 0 Å². The van der Waals surface area contributed by atoms with Crippen molar-refractivity contribution in [2.24, 2.45) is 16.8 Å². The highest BCUT2D eigenvalue weighted by Gasteiger charge is 2.16. The van der Waals surface area contributed by atoms with Crippen molar-refractivity contribution in [1.29, 1.82) is 0 Å². The number of rotatable bonds is 4. The largest absolute Gasteiger partial charge is 0.493 e. The van der Waals surface area contributed by atoms with E-state index in [1.165, 1.54) is 25.7 Å². The SMILES string of the molecule is NC(=NO)c1ccccc1OCC1CCCC1. The van der Waals surface area contributed by atoms with Crippen LogP contribution in [0.2, 0.25) is 0 Å². The van der Waals surface area contributed by atoms with E-state index in [0.29, 0.717) is 17.2 Å². The second-order valence-corrected chi connectivity index (χ2v) is 4.44. The number of ether oxygens (including phenoxy) is 1. The van der Waals surface area contributed by atoms with Crippen LogP contribution in [0.25, 0.3) is 0 Å². The first-order valence-electron chi connectivity index (χ1n) is 6.01. The molecule has 17 heavy (non-hydrogen) atoms. The molecule has 1 fully saturated rings. The van der Waals surface area contributed by atoms with Crippen molar-refractivity contribution in [1.82, 2.24) is 0 Å². The van der Waals surface area contributed by atoms with Gasteiger partial charge in [0, 0.05) is 0 Å². The Morgan fingerprint density at radius 2 is 2.06 bits per heavy atom. The van der Waals surface area contributed by atoms with Gasteiger partial charge in [-0.25, -0.2) is 0 Å². The number of hydrogen-bond acceptors (Lipinski definition) is 3. The number of oxime groups is 1. The summed E-state index contributed by atoms with van der Waals surface area (Å²) >= 11 is 0. The maximum atomic E-state index is 8.70. The lowest BCUT2D eigenvalue weighted by molar-refractivity contribution is 0.251. The minimum absolute atomic E-state index is 0.0898. The lowest BCUT2D eigenvalue weighted by atomic mass is 10.1. The maximum absolute atomic E-state index is 8.70. The van der Waals surface area contributed by atoms with Gasteiger partial charge >= 0.3 is 0 Å². The summed E-state index contributed by atoms with van der Waals surface area (Å²) in [6.45, 7) is 0.718. The third-order valence-corrected chi connectivity index (χ3v) is 3.22. The van der Waals surface area contributed by atoms with E-state index in [1.807, 2.05) is 18.2 Å². The zero-order chi connectivity index (χ0) is 12.1. The summed E-state index contributed by atoms with van der Waals surface area (Å²) < 4.78 is 5.77. The molecule has 4 nitrogen and oxygen atoms in total. The standard InChI is InChI=1S/C13H18N2O2/c14-13(15-16)11-7-3-4-8-12(11)17-9-10-5-1-2-6-10/h3-4,7-8,10,16H,1-2,5-6,9H2,(H2,14,15). The molecule has 3 N–H and O–H groups in total. The molecule has 1 aliphatic carbocycles. The summed E-state index contributed by atoms with van der Waals surface area (Å²) in [5, 5.41) is 11.7. The van der Waals surface area contributed by atoms with E-state index in [9.17, 15) is 0 Å². The number of para-hydroxylation sites is 1. The van der Waals surface area contributed by atoms with Gasteiger partial charge in [0.1, 0.15) is 5.75 Å². The minimum Gasteiger partial charge on any atom is -0.493 e. The van der Waals surface area contributed by atoms with Gasteiger partial charge in [0.15, 0.2) is 5.84 Å². The highest BCUT2D eigenvalue weighted by atomic mass is 16.5. The van der Waals surface area contributed by atoms with E-state index in [4.69, 9.17) is 15.7 Å². The fraction of sp³-hybridized carbons (Fsp3) is 0.462. The number of nitrogens with two attached hydrogens (primary N) is 1. The summed E-state index contributed by atoms with van der Waals surface area (Å²) in [4.78, 5) is 0. The van der Waals surface area contributed by atoms with Crippen LogP contribution < -0.4 is 10.5 Å². The molecule has 0 heterocycles. The van der Waals surface area contributed by atoms with Crippen molar-refractivity contribution in [3.05, 3.63) is 29.8 Å². The Kier molecular flexibility index (Phi) is 3.85. The fourth-order valence-corrected chi connectivity index (χ4v) is 2.24. The predicted molar refractivity (Wildman–Crippen MR) is 66.4 cm³/mol. The van der Waals surface area contributed by atoms with E-state index < -0.39 is 0 Å². The monoisotopic (exact) mass is 234 g/mol. The Labute approximate surface area is 101 Å². The van der Waals surface area contributed by atoms with Gasteiger partial charge in [-0.15, -0.1) is 0 Å². The Hall–Kier alpha value is -1.71. The molecule has 0 unspecified atom stereocenters. The van der Waals surface area contributed by atoms with Gasteiger partial charge in [-0.3, -0.25) is 0 Å². The Bertz CT molecular complexity index is 398. The molecule has 1 aliphatic rings. The third-order valence-electron chi connectivity index (χ3n) is 3.22. The molecule has 1 aromatic carbocycles. The van der Waals surface area contributed by atoms with Crippen LogP contribution in [0.4, 0.5) is 0 Å². The van der Waals surface area contributed by atoms with Gasteiger partial charge in [-0.2, -0.15) is 0 Å². The topological polar surface area (TPSA) is 67.8 Å². The van der Waals surface area contributed by atoms with E-state index in [0.717, 1.165) is 6.61 Å². The van der Waals surface area contributed by atoms with Gasteiger partial charge in [0.2, 0.25) is 0 Å². The second kappa shape index (κ2) is 5.57. The fourth-order valence-electron chi connectivity index (χ4n) is 2.24. The molecular formula is C13H18N2O2. The highest BCUT2D eigenvalue weighted by Crippen LogP contribution is 2.26. The van der Waals surface area contributed by atoms with Crippen LogP contribution in [0, 0.1) is 5.92 Å². The maximum Gasteiger partial charge on any atom is 0.173 e. The Balaban J connectivity index is 2.04. The molecule has 0 radical (unpaired) electrons. The molecule has 0 atom stereocenters. The van der Waals surface area contributed by atoms with E-state index in [2.05, 4.69) is 5.16 Å². The molecule has 1 aromatic rings. The van der Waals surface area contributed by atoms with Crippen molar-refractivity contribution in [3.63, 3.8) is 0 Å². The highest BCUT2D eigenvalue weighted by molar-refractivity contribution is 5.99. The summed E-state index contributed by atoms with van der Waals surface area (Å²) in [7, 11) is 0. The summed E-state index contributed by atoms with van der Waals surface area (Å²) in [5.74, 6) is 1.43. The smallest absolute Gasteiger partial charge is 0.173 e. The third kappa shape index (κ3) is 2.90. The van der Waals surface area contributed by atoms with Crippen molar-refractivity contribution in [2.75, 3.05) is 6.61 Å². The minimum atomic E-state index is 0.0898. The van der Waals surface area contributed by atoms with Crippen LogP contribution >= 0.6 is 0 Å². The summed E-state index contributed by atoms with van der Waals surface area (Å²) in [6, 6.07) is 7.37. The van der Waals surface area contributed by atoms with Gasteiger partial charge in [0.05, 0.1) is 12.2 Å². The van der Waals surface area contributed by atoms with Gasteiger partial charge in [0.25, 0.3) is 0 Å². The molecule has 4 heteroatoms. The molecule has 0 bridgehead atoms. The van der Waals surface area contributed by atoms with Crippen LogP contribution in [0.1, 0.15) is 31.2 Å². The average Bonchev–Trinajstić information content (AvgIpc) is 2.89. The van der Waals surface area contributed by atoms with Crippen LogP contribution in [0.5, 0.6) is 5.75 Å². The lowest BCUT2D eigenvalue weighted by Gasteiger charge is -2.13. The van der Waals surface area contributed by atoms with Gasteiger partial charge < -0.3 is 15.7 Å². The van der Waals surface area contributed by atoms with Crippen LogP contribution in [0.15, 0.2) is 29.4 Å². The quantitative estimate of drug-likeness (QED) is 0.363. The molecule has 0 aromatic heterocycles. The van der Waals surface area contributed by atoms with E-state index >= 15 is 0 Å². The zero-order valence-electron chi connectivity index (χ0n) is 9.80. The first kappa shape index (κ1) is 11.8. The van der Waals surface area contributed by atoms with E-state index in [1.54, 1.807) is 6.07 Å². The number of nitrogens with zero attached hydrogens (tertiary/aromatic N) is 1. The normalized spacial score (nSPS) is 17.3. The van der Waals surface area contributed by atoms with Crippen LogP contribution in [-0.4, -0.2) is 17.6 Å². The zero-order valence-corrected chi connectivity index (χ0v) is 9.80. The average molecular weight is 234 g/mol. The van der Waals surface area contributed by atoms with Crippen molar-refractivity contribution < 1.29 is 9.94 Å². The molecule has 0 amide bonds. The van der Waals surface area contributed by atoms with Crippen LogP contribution in [0.3, 0.4) is 0 Å². The number of benzene rings is 1. The molecular weight excluding hydrogens is 216 g/mol. The molecule has 92 valence electrons. The summed E-state index contributed by atoms with van der Waals surface area (Å²) in [5.41, 5.74) is 6.25. The van der Waals surface area contributed by atoms with Crippen molar-refractivity contribution in [2.45, 2.75) is 25.7 Å². The Morgan fingerprint density at radius 1 is 1.35 bits per heavy atom. The number of hydrogen-bond donors (Lipinski definition) is 2. The number of amidine groups is 1.